The van der Waals surface area contributed by atoms with E-state index in [9.17, 15) is 7.85 Å². The van der Waals surface area contributed by atoms with Crippen molar-refractivity contribution in [2.75, 3.05) is 0 Å². The van der Waals surface area contributed by atoms with Gasteiger partial charge in [0.15, 0.2) is 0 Å². The van der Waals surface area contributed by atoms with Crippen LogP contribution in [0.5, 0.6) is 5.75 Å². The van der Waals surface area contributed by atoms with Gasteiger partial charge in [0.2, 0.25) is 0 Å². The molecule has 296 valence electrons. The zero-order valence-electron chi connectivity index (χ0n) is 44.2. The summed E-state index contributed by atoms with van der Waals surface area (Å²) in [6, 6.07) is 28.1. The quantitative estimate of drug-likeness (QED) is 0.159. The van der Waals surface area contributed by atoms with Crippen molar-refractivity contribution in [3.8, 4) is 67.5 Å². The first kappa shape index (κ1) is 29.9. The Morgan fingerprint density at radius 2 is 1.39 bits per heavy atom. The lowest BCUT2D eigenvalue weighted by Crippen LogP contribution is -2.11. The number of hydrogen-bond donors (Lipinski definition) is 1. The predicted molar refractivity (Wildman–Crippen MR) is 249 cm³/mol. The van der Waals surface area contributed by atoms with Crippen molar-refractivity contribution >= 4 is 11.0 Å². The molecule has 6 aromatic carbocycles. The van der Waals surface area contributed by atoms with E-state index in [1.165, 1.54) is 0 Å². The van der Waals surface area contributed by atoms with E-state index in [2.05, 4.69) is 70.1 Å². The number of hydrogen-bond acceptors (Lipinski definition) is 3. The average molecular weight is 783 g/mol. The smallest absolute Gasteiger partial charge is 0.149 e. The van der Waals surface area contributed by atoms with Crippen LogP contribution in [-0.2, 0) is 5.41 Å². The Morgan fingerprint density at radius 3 is 2.08 bits per heavy atom. The maximum Gasteiger partial charge on any atom is 0.149 e. The Kier molecular flexibility index (Phi) is 8.02. The molecule has 0 radical (unpaired) electrons. The molecule has 2 heterocycles. The summed E-state index contributed by atoms with van der Waals surface area (Å²) in [6.45, 7) is 18.3. The van der Waals surface area contributed by atoms with Crippen LogP contribution in [0.4, 0.5) is 0 Å². The van der Waals surface area contributed by atoms with Crippen molar-refractivity contribution in [1.29, 1.82) is 0 Å². The van der Waals surface area contributed by atoms with Crippen molar-refractivity contribution < 1.29 is 17.4 Å². The summed E-state index contributed by atoms with van der Waals surface area (Å²) < 4.78 is 80.8. The van der Waals surface area contributed by atoms with Gasteiger partial charge in [-0.2, -0.15) is 0 Å². The zero-order valence-corrected chi connectivity index (χ0v) is 35.2. The molecule has 0 atom stereocenters. The predicted octanol–water partition coefficient (Wildman–Crippen LogP) is 15.1. The summed E-state index contributed by atoms with van der Waals surface area (Å²) in [7, 11) is 0. The number of imidazole rings is 1. The van der Waals surface area contributed by atoms with Crippen LogP contribution in [0.2, 0.25) is 0 Å². The van der Waals surface area contributed by atoms with Crippen LogP contribution in [0.25, 0.3) is 72.7 Å². The summed E-state index contributed by atoms with van der Waals surface area (Å²) >= 11 is 0. The maximum atomic E-state index is 12.2. The van der Waals surface area contributed by atoms with Crippen LogP contribution in [0.15, 0.2) is 146 Å². The molecule has 0 saturated heterocycles. The van der Waals surface area contributed by atoms with Crippen molar-refractivity contribution in [2.24, 2.45) is 0 Å². The standard InChI is InChI=1S/C55H55N3O/c1-34(2)40-30-48(36(5)6)53(59)49(31-40)54-57-52-46(21-16-22-51(52)58(54)44-23-24-45(47(33-44)35(3)4)38-19-14-11-15-20-38)41-27-42(29-43(28-41)55(7,8)9)50-32-39(25-26-56-50)37-17-12-10-13-18-37/h10-36,59H,1-9H3/i10D,12D,13D,17D,18D,25D,26D,32D,35D. The molecule has 0 saturated carbocycles. The summed E-state index contributed by atoms with van der Waals surface area (Å²) in [5, 5.41) is 12.2. The number of aromatic hydroxyl groups is 1. The van der Waals surface area contributed by atoms with Crippen LogP contribution in [-0.4, -0.2) is 19.6 Å². The zero-order chi connectivity index (χ0) is 49.5. The van der Waals surface area contributed by atoms with Crippen molar-refractivity contribution in [3.05, 3.63) is 168 Å². The van der Waals surface area contributed by atoms with E-state index in [1.807, 2.05) is 98.8 Å². The third-order valence-electron chi connectivity index (χ3n) is 11.0. The molecule has 0 fully saturated rings. The Balaban J connectivity index is 1.45. The van der Waals surface area contributed by atoms with Gasteiger partial charge in [-0.25, -0.2) is 4.98 Å². The normalized spacial score (nSPS) is 14.3. The Morgan fingerprint density at radius 1 is 0.644 bits per heavy atom. The number of para-hydroxylation sites is 1. The van der Waals surface area contributed by atoms with E-state index in [4.69, 9.17) is 14.6 Å². The minimum Gasteiger partial charge on any atom is -0.507 e. The molecule has 2 aromatic heterocycles. The van der Waals surface area contributed by atoms with Crippen molar-refractivity contribution in [1.82, 2.24) is 14.5 Å². The molecule has 0 unspecified atom stereocenters. The summed E-state index contributed by atoms with van der Waals surface area (Å²) in [5.41, 5.74) is 8.91. The van der Waals surface area contributed by atoms with E-state index in [0.29, 0.717) is 28.0 Å². The molecule has 0 aliphatic rings. The molecule has 4 heteroatoms. The van der Waals surface area contributed by atoms with Gasteiger partial charge in [0, 0.05) is 24.4 Å². The Labute approximate surface area is 362 Å². The number of pyridine rings is 1. The number of phenolic OH excluding ortho intramolecular Hbond substituents is 1. The van der Waals surface area contributed by atoms with Gasteiger partial charge in [-0.05, 0) is 122 Å². The molecule has 0 spiro atoms. The number of phenols is 1. The molecule has 4 nitrogen and oxygen atoms in total. The van der Waals surface area contributed by atoms with Gasteiger partial charge in [-0.3, -0.25) is 9.55 Å². The average Bonchev–Trinajstić information content (AvgIpc) is 3.69. The first-order valence-corrected chi connectivity index (χ1v) is 20.2. The summed E-state index contributed by atoms with van der Waals surface area (Å²) in [6.07, 6.45) is -0.510. The highest BCUT2D eigenvalue weighted by molar-refractivity contribution is 5.97. The van der Waals surface area contributed by atoms with Crippen LogP contribution in [0, 0.1) is 0 Å². The first-order valence-electron chi connectivity index (χ1n) is 24.7. The van der Waals surface area contributed by atoms with E-state index in [0.717, 1.165) is 50.1 Å². The van der Waals surface area contributed by atoms with Gasteiger partial charge in [0.25, 0.3) is 0 Å². The number of benzene rings is 6. The van der Waals surface area contributed by atoms with E-state index in [1.54, 1.807) is 0 Å². The molecule has 8 rings (SSSR count). The van der Waals surface area contributed by atoms with Gasteiger partial charge in [0.1, 0.15) is 11.6 Å². The second kappa shape index (κ2) is 15.8. The highest BCUT2D eigenvalue weighted by Gasteiger charge is 2.25. The van der Waals surface area contributed by atoms with Gasteiger partial charge >= 0.3 is 0 Å². The van der Waals surface area contributed by atoms with E-state index in [-0.39, 0.29) is 40.4 Å². The Hall–Kier alpha value is -6.26. The number of fused-ring (bicyclic) bond motifs is 1. The van der Waals surface area contributed by atoms with Crippen LogP contribution < -0.4 is 0 Å². The second-order valence-corrected chi connectivity index (χ2v) is 17.1. The Bertz CT molecular complexity index is 3280. The van der Waals surface area contributed by atoms with Gasteiger partial charge in [-0.1, -0.05) is 153 Å². The molecule has 59 heavy (non-hydrogen) atoms. The second-order valence-electron chi connectivity index (χ2n) is 17.1. The lowest BCUT2D eigenvalue weighted by molar-refractivity contribution is 0.466. The highest BCUT2D eigenvalue weighted by atomic mass is 16.3. The lowest BCUT2D eigenvalue weighted by Gasteiger charge is -2.22. The fraction of sp³-hybridized carbons (Fsp3) is 0.236. The fourth-order valence-electron chi connectivity index (χ4n) is 7.66. The SMILES string of the molecule is [2H]c1nc(-c2cc(-c3cccc4c3nc(-c3cc(C(C)C)cc(C(C)C)c3O)n4-c3ccc(-c4ccccc4)c(C([2H])(C)C)c3)cc(C(C)(C)C)c2)c([2H])c(-c2c([2H])c([2H])c([2H])c([2H])c2[2H])c1[2H]. The molecule has 8 aromatic rings. The molecular formula is C55H55N3O. The first-order chi connectivity index (χ1) is 31.9. The topological polar surface area (TPSA) is 50.9 Å². The molecule has 0 aliphatic carbocycles. The highest BCUT2D eigenvalue weighted by Crippen LogP contribution is 2.44. The molecular weight excluding hydrogens is 719 g/mol. The molecule has 0 amide bonds. The minimum absolute atomic E-state index is 0.00478. The van der Waals surface area contributed by atoms with Crippen LogP contribution in [0.1, 0.15) is 115 Å². The summed E-state index contributed by atoms with van der Waals surface area (Å²) in [4.78, 5) is 9.92. The lowest BCUT2D eigenvalue weighted by atomic mass is 9.83. The molecule has 1 N–H and O–H groups in total. The van der Waals surface area contributed by atoms with Gasteiger partial charge < -0.3 is 5.11 Å². The third-order valence-corrected chi connectivity index (χ3v) is 11.0. The number of rotatable bonds is 9. The number of aromatic nitrogens is 3. The maximum absolute atomic E-state index is 12.2. The number of nitrogens with zero attached hydrogens (tertiary/aromatic N) is 3. The minimum atomic E-state index is -0.999. The van der Waals surface area contributed by atoms with Crippen molar-refractivity contribution in [2.45, 2.75) is 85.5 Å². The molecule has 0 aliphatic heterocycles. The van der Waals surface area contributed by atoms with E-state index < -0.39 is 53.7 Å². The van der Waals surface area contributed by atoms with E-state index >= 15 is 0 Å². The third kappa shape index (κ3) is 7.72. The van der Waals surface area contributed by atoms with Gasteiger partial charge in [-0.15, -0.1) is 0 Å². The summed E-state index contributed by atoms with van der Waals surface area (Å²) in [5.74, 6) is -0.211. The largest absolute Gasteiger partial charge is 0.507 e. The fourth-order valence-corrected chi connectivity index (χ4v) is 7.66. The van der Waals surface area contributed by atoms with Gasteiger partial charge in [0.05, 0.1) is 33.3 Å². The van der Waals surface area contributed by atoms with Crippen LogP contribution in [0.3, 0.4) is 0 Å². The molecule has 0 bridgehead atoms. The monoisotopic (exact) mass is 782 g/mol. The van der Waals surface area contributed by atoms with Crippen molar-refractivity contribution in [3.63, 3.8) is 0 Å². The van der Waals surface area contributed by atoms with Crippen LogP contribution >= 0.6 is 0 Å².